The molecule has 0 aliphatic carbocycles. The molecule has 4 heteroatoms. The lowest BCUT2D eigenvalue weighted by Gasteiger charge is -2.09. The summed E-state index contributed by atoms with van der Waals surface area (Å²) in [7, 11) is 0. The van der Waals surface area contributed by atoms with Crippen molar-refractivity contribution in [3.8, 4) is 11.6 Å². The Kier molecular flexibility index (Phi) is 2.97. The predicted octanol–water partition coefficient (Wildman–Crippen LogP) is 3.42. The molecule has 16 heavy (non-hydrogen) atoms. The van der Waals surface area contributed by atoms with Crippen LogP contribution in [0.4, 0.5) is 5.69 Å². The first-order valence-electron chi connectivity index (χ1n) is 4.81. The van der Waals surface area contributed by atoms with Crippen molar-refractivity contribution in [2.45, 2.75) is 6.92 Å². The van der Waals surface area contributed by atoms with E-state index in [4.69, 9.17) is 22.1 Å². The zero-order chi connectivity index (χ0) is 11.5. The quantitative estimate of drug-likeness (QED) is 0.810. The molecule has 2 aromatic rings. The molecular weight excluding hydrogens is 224 g/mol. The molecule has 82 valence electrons. The number of nitrogens with zero attached hydrogens (tertiary/aromatic N) is 1. The molecule has 0 spiro atoms. The van der Waals surface area contributed by atoms with E-state index in [0.717, 1.165) is 5.56 Å². The van der Waals surface area contributed by atoms with Crippen LogP contribution in [0.2, 0.25) is 5.02 Å². The highest BCUT2D eigenvalue weighted by Crippen LogP contribution is 2.30. The minimum absolute atomic E-state index is 0.362. The maximum absolute atomic E-state index is 5.94. The van der Waals surface area contributed by atoms with Crippen molar-refractivity contribution in [2.24, 2.45) is 0 Å². The number of benzene rings is 1. The second-order valence-electron chi connectivity index (χ2n) is 3.43. The molecule has 0 saturated heterocycles. The molecule has 0 bridgehead atoms. The van der Waals surface area contributed by atoms with Gasteiger partial charge >= 0.3 is 0 Å². The molecule has 0 atom stereocenters. The van der Waals surface area contributed by atoms with E-state index in [9.17, 15) is 0 Å². The molecule has 2 N–H and O–H groups in total. The SMILES string of the molecule is Cc1ccc(N)c(Oc2ncccc2Cl)c1. The van der Waals surface area contributed by atoms with Gasteiger partial charge in [-0.1, -0.05) is 17.7 Å². The van der Waals surface area contributed by atoms with Gasteiger partial charge in [-0.15, -0.1) is 0 Å². The zero-order valence-corrected chi connectivity index (χ0v) is 9.53. The van der Waals surface area contributed by atoms with Crippen LogP contribution in [-0.4, -0.2) is 4.98 Å². The minimum atomic E-state index is 0.362. The number of nitrogen functional groups attached to an aromatic ring is 1. The van der Waals surface area contributed by atoms with Crippen molar-refractivity contribution in [3.05, 3.63) is 47.1 Å². The number of pyridine rings is 1. The Morgan fingerprint density at radius 1 is 1.31 bits per heavy atom. The monoisotopic (exact) mass is 234 g/mol. The van der Waals surface area contributed by atoms with E-state index < -0.39 is 0 Å². The van der Waals surface area contributed by atoms with Gasteiger partial charge < -0.3 is 10.5 Å². The van der Waals surface area contributed by atoms with Gasteiger partial charge in [-0.25, -0.2) is 4.98 Å². The lowest BCUT2D eigenvalue weighted by atomic mass is 10.2. The smallest absolute Gasteiger partial charge is 0.238 e. The first-order valence-corrected chi connectivity index (χ1v) is 5.19. The fourth-order valence-corrected chi connectivity index (χ4v) is 1.44. The molecule has 1 heterocycles. The molecule has 0 saturated carbocycles. The van der Waals surface area contributed by atoms with Crippen LogP contribution >= 0.6 is 11.6 Å². The average molecular weight is 235 g/mol. The largest absolute Gasteiger partial charge is 0.435 e. The van der Waals surface area contributed by atoms with Crippen LogP contribution in [0.5, 0.6) is 11.6 Å². The Hall–Kier alpha value is -1.74. The Morgan fingerprint density at radius 2 is 2.12 bits per heavy atom. The van der Waals surface area contributed by atoms with Gasteiger partial charge in [-0.3, -0.25) is 0 Å². The Morgan fingerprint density at radius 3 is 2.88 bits per heavy atom. The fourth-order valence-electron chi connectivity index (χ4n) is 1.28. The Labute approximate surface area is 98.8 Å². The maximum atomic E-state index is 5.94. The summed E-state index contributed by atoms with van der Waals surface area (Å²) in [6.45, 7) is 1.96. The zero-order valence-electron chi connectivity index (χ0n) is 8.77. The van der Waals surface area contributed by atoms with Crippen LogP contribution < -0.4 is 10.5 Å². The summed E-state index contributed by atoms with van der Waals surface area (Å²) in [5.74, 6) is 0.932. The standard InChI is InChI=1S/C12H11ClN2O/c1-8-4-5-10(14)11(7-8)16-12-9(13)3-2-6-15-12/h2-7H,14H2,1H3. The van der Waals surface area contributed by atoms with Crippen LogP contribution in [0, 0.1) is 6.92 Å². The highest BCUT2D eigenvalue weighted by molar-refractivity contribution is 6.31. The van der Waals surface area contributed by atoms with Gasteiger partial charge in [0, 0.05) is 6.20 Å². The van der Waals surface area contributed by atoms with Crippen molar-refractivity contribution >= 4 is 17.3 Å². The molecular formula is C12H11ClN2O. The number of halogens is 1. The molecule has 0 radical (unpaired) electrons. The number of rotatable bonds is 2. The molecule has 0 fully saturated rings. The van der Waals surface area contributed by atoms with Gasteiger partial charge in [-0.2, -0.15) is 0 Å². The lowest BCUT2D eigenvalue weighted by molar-refractivity contribution is 0.465. The maximum Gasteiger partial charge on any atom is 0.238 e. The van der Waals surface area contributed by atoms with Crippen molar-refractivity contribution in [2.75, 3.05) is 5.73 Å². The molecule has 3 nitrogen and oxygen atoms in total. The highest BCUT2D eigenvalue weighted by Gasteiger charge is 2.06. The highest BCUT2D eigenvalue weighted by atomic mass is 35.5. The van der Waals surface area contributed by atoms with Crippen LogP contribution in [0.15, 0.2) is 36.5 Å². The molecule has 0 amide bonds. The fraction of sp³-hybridized carbons (Fsp3) is 0.0833. The predicted molar refractivity (Wildman–Crippen MR) is 64.9 cm³/mol. The number of hydrogen-bond donors (Lipinski definition) is 1. The summed E-state index contributed by atoms with van der Waals surface area (Å²) in [5.41, 5.74) is 7.42. The summed E-state index contributed by atoms with van der Waals surface area (Å²) >= 11 is 5.94. The van der Waals surface area contributed by atoms with Crippen molar-refractivity contribution in [3.63, 3.8) is 0 Å². The molecule has 0 aliphatic rings. The van der Waals surface area contributed by atoms with Gasteiger partial charge in [0.2, 0.25) is 5.88 Å². The number of aryl methyl sites for hydroxylation is 1. The normalized spacial score (nSPS) is 10.1. The van der Waals surface area contributed by atoms with E-state index in [1.165, 1.54) is 0 Å². The van der Waals surface area contributed by atoms with Crippen molar-refractivity contribution in [1.82, 2.24) is 4.98 Å². The topological polar surface area (TPSA) is 48.1 Å². The summed E-state index contributed by atoms with van der Waals surface area (Å²) < 4.78 is 5.55. The minimum Gasteiger partial charge on any atom is -0.435 e. The van der Waals surface area contributed by atoms with Crippen LogP contribution in [0.3, 0.4) is 0 Å². The van der Waals surface area contributed by atoms with E-state index >= 15 is 0 Å². The van der Waals surface area contributed by atoms with Gasteiger partial charge in [0.05, 0.1) is 5.69 Å². The number of nitrogens with two attached hydrogens (primary N) is 1. The Balaban J connectivity index is 2.34. The molecule has 1 aromatic carbocycles. The van der Waals surface area contributed by atoms with E-state index in [0.29, 0.717) is 22.3 Å². The van der Waals surface area contributed by atoms with Crippen LogP contribution in [-0.2, 0) is 0 Å². The number of anilines is 1. The van der Waals surface area contributed by atoms with Gasteiger partial charge in [0.1, 0.15) is 5.02 Å². The third-order valence-corrected chi connectivity index (χ3v) is 2.39. The average Bonchev–Trinajstić information content (AvgIpc) is 2.27. The van der Waals surface area contributed by atoms with Gasteiger partial charge in [0.15, 0.2) is 5.75 Å². The van der Waals surface area contributed by atoms with Gasteiger partial charge in [-0.05, 0) is 36.8 Å². The van der Waals surface area contributed by atoms with Crippen LogP contribution in [0.1, 0.15) is 5.56 Å². The summed E-state index contributed by atoms with van der Waals surface area (Å²) in [4.78, 5) is 4.03. The second-order valence-corrected chi connectivity index (χ2v) is 3.84. The summed E-state index contributed by atoms with van der Waals surface area (Å²) in [6, 6.07) is 9.02. The third-order valence-electron chi connectivity index (χ3n) is 2.10. The molecule has 2 rings (SSSR count). The van der Waals surface area contributed by atoms with E-state index in [-0.39, 0.29) is 0 Å². The first-order chi connectivity index (χ1) is 7.66. The first kappa shape index (κ1) is 10.8. The van der Waals surface area contributed by atoms with E-state index in [2.05, 4.69) is 4.98 Å². The third kappa shape index (κ3) is 2.25. The summed E-state index contributed by atoms with van der Waals surface area (Å²) in [6.07, 6.45) is 1.62. The molecule has 0 aliphatic heterocycles. The molecule has 0 unspecified atom stereocenters. The molecule has 1 aromatic heterocycles. The second kappa shape index (κ2) is 4.41. The van der Waals surface area contributed by atoms with Crippen LogP contribution in [0.25, 0.3) is 0 Å². The number of ether oxygens (including phenoxy) is 1. The van der Waals surface area contributed by atoms with E-state index in [1.54, 1.807) is 24.4 Å². The number of hydrogen-bond acceptors (Lipinski definition) is 3. The number of aromatic nitrogens is 1. The lowest BCUT2D eigenvalue weighted by Crippen LogP contribution is -1.94. The van der Waals surface area contributed by atoms with Gasteiger partial charge in [0.25, 0.3) is 0 Å². The van der Waals surface area contributed by atoms with E-state index in [1.807, 2.05) is 19.1 Å². The van der Waals surface area contributed by atoms with Crippen molar-refractivity contribution < 1.29 is 4.74 Å². The van der Waals surface area contributed by atoms with Crippen molar-refractivity contribution in [1.29, 1.82) is 0 Å². The Bertz CT molecular complexity index is 514. The summed E-state index contributed by atoms with van der Waals surface area (Å²) in [5, 5.41) is 0.461.